The zero-order valence-electron chi connectivity index (χ0n) is 16.4. The average molecular weight is 396 g/mol. The monoisotopic (exact) mass is 395 g/mol. The molecule has 146 valence electrons. The minimum Gasteiger partial charge on any atom is -0.351 e. The molecule has 1 N–H and O–H groups in total. The molecule has 0 bridgehead atoms. The third-order valence-corrected chi connectivity index (χ3v) is 4.92. The van der Waals surface area contributed by atoms with Crippen molar-refractivity contribution in [3.8, 4) is 11.4 Å². The molecular weight excluding hydrogens is 370 g/mol. The summed E-state index contributed by atoms with van der Waals surface area (Å²) in [6.45, 7) is 6.64. The summed E-state index contributed by atoms with van der Waals surface area (Å²) in [5.74, 6) is 1.05. The molecule has 3 rings (SSSR count). The van der Waals surface area contributed by atoms with Crippen LogP contribution in [0.5, 0.6) is 0 Å². The maximum Gasteiger partial charge on any atom is 0.230 e. The van der Waals surface area contributed by atoms with Crippen molar-refractivity contribution in [2.24, 2.45) is 0 Å². The van der Waals surface area contributed by atoms with Crippen molar-refractivity contribution < 1.29 is 4.79 Å². The fourth-order valence-corrected chi connectivity index (χ4v) is 3.54. The number of pyridine rings is 1. The first kappa shape index (κ1) is 20.1. The van der Waals surface area contributed by atoms with Gasteiger partial charge in [-0.2, -0.15) is 0 Å². The molecule has 0 aliphatic heterocycles. The topological polar surface area (TPSA) is 72.7 Å². The van der Waals surface area contributed by atoms with Crippen LogP contribution in [0.2, 0.25) is 0 Å². The van der Waals surface area contributed by atoms with Crippen LogP contribution < -0.4 is 5.32 Å². The van der Waals surface area contributed by atoms with E-state index in [2.05, 4.69) is 37.2 Å². The number of nitrogens with one attached hydrogen (secondary N) is 1. The van der Waals surface area contributed by atoms with Gasteiger partial charge in [-0.25, -0.2) is 0 Å². The van der Waals surface area contributed by atoms with Gasteiger partial charge in [0.1, 0.15) is 0 Å². The Morgan fingerprint density at radius 3 is 2.57 bits per heavy atom. The quantitative estimate of drug-likeness (QED) is 0.619. The van der Waals surface area contributed by atoms with Crippen molar-refractivity contribution in [1.29, 1.82) is 0 Å². The number of thioether (sulfide) groups is 1. The summed E-state index contributed by atoms with van der Waals surface area (Å²) in [4.78, 5) is 16.4. The van der Waals surface area contributed by atoms with Gasteiger partial charge in [-0.15, -0.1) is 10.2 Å². The van der Waals surface area contributed by atoms with Crippen molar-refractivity contribution in [1.82, 2.24) is 25.1 Å². The van der Waals surface area contributed by atoms with Crippen molar-refractivity contribution in [3.63, 3.8) is 0 Å². The fourth-order valence-electron chi connectivity index (χ4n) is 2.78. The maximum absolute atomic E-state index is 12.2. The summed E-state index contributed by atoms with van der Waals surface area (Å²) in [5, 5.41) is 12.4. The van der Waals surface area contributed by atoms with Crippen LogP contribution in [0.25, 0.3) is 11.4 Å². The van der Waals surface area contributed by atoms with E-state index in [0.717, 1.165) is 29.5 Å². The molecule has 1 amide bonds. The maximum atomic E-state index is 12.2. The second-order valence-electron chi connectivity index (χ2n) is 7.52. The Bertz CT molecular complexity index is 904. The summed E-state index contributed by atoms with van der Waals surface area (Å²) in [5.41, 5.74) is 1.91. The molecular formula is C21H25N5OS. The van der Waals surface area contributed by atoms with Gasteiger partial charge in [0.15, 0.2) is 11.0 Å². The summed E-state index contributed by atoms with van der Waals surface area (Å²) in [6, 6.07) is 14.2. The van der Waals surface area contributed by atoms with Crippen molar-refractivity contribution in [2.75, 3.05) is 5.75 Å². The number of hydrogen-bond donors (Lipinski definition) is 1. The summed E-state index contributed by atoms with van der Waals surface area (Å²) < 4.78 is 2.07. The molecule has 2 aromatic heterocycles. The molecule has 0 saturated carbocycles. The number of carbonyl (C=O) groups is 1. The van der Waals surface area contributed by atoms with Crippen LogP contribution in [0, 0.1) is 0 Å². The Labute approximate surface area is 169 Å². The molecule has 0 atom stereocenters. The van der Waals surface area contributed by atoms with Crippen molar-refractivity contribution >= 4 is 17.7 Å². The van der Waals surface area contributed by atoms with E-state index in [4.69, 9.17) is 0 Å². The third kappa shape index (κ3) is 5.66. The van der Waals surface area contributed by atoms with E-state index in [9.17, 15) is 4.79 Å². The van der Waals surface area contributed by atoms with Gasteiger partial charge in [-0.3, -0.25) is 9.78 Å². The van der Waals surface area contributed by atoms with Crippen LogP contribution >= 0.6 is 11.8 Å². The lowest BCUT2D eigenvalue weighted by atomic mass is 10.1. The Morgan fingerprint density at radius 1 is 1.11 bits per heavy atom. The molecule has 2 heterocycles. The van der Waals surface area contributed by atoms with E-state index in [1.54, 1.807) is 12.4 Å². The van der Waals surface area contributed by atoms with Crippen molar-refractivity contribution in [3.05, 3.63) is 60.4 Å². The van der Waals surface area contributed by atoms with Gasteiger partial charge in [0.25, 0.3) is 0 Å². The minimum atomic E-state index is -0.251. The number of aryl methyl sites for hydroxylation is 1. The van der Waals surface area contributed by atoms with E-state index in [1.807, 2.05) is 51.1 Å². The van der Waals surface area contributed by atoms with E-state index >= 15 is 0 Å². The zero-order valence-corrected chi connectivity index (χ0v) is 17.2. The first-order valence-corrected chi connectivity index (χ1v) is 10.2. The van der Waals surface area contributed by atoms with Crippen molar-refractivity contribution in [2.45, 2.75) is 44.4 Å². The van der Waals surface area contributed by atoms with E-state index < -0.39 is 0 Å². The number of rotatable bonds is 7. The Hall–Kier alpha value is -2.67. The number of hydrogen-bond acceptors (Lipinski definition) is 5. The Kier molecular flexibility index (Phi) is 6.46. The molecule has 6 nitrogen and oxygen atoms in total. The standard InChI is InChI=1S/C21H25N5OS/c1-21(2,3)23-18(27)15-28-20-25-24-19(17-10-7-12-22-14-17)26(20)13-11-16-8-5-4-6-9-16/h4-10,12,14H,11,13,15H2,1-3H3,(H,23,27). The molecule has 3 aromatic rings. The summed E-state index contributed by atoms with van der Waals surface area (Å²) >= 11 is 1.40. The highest BCUT2D eigenvalue weighted by atomic mass is 32.2. The highest BCUT2D eigenvalue weighted by Gasteiger charge is 2.18. The molecule has 0 radical (unpaired) electrons. The largest absolute Gasteiger partial charge is 0.351 e. The molecule has 1 aromatic carbocycles. The summed E-state index contributed by atoms with van der Waals surface area (Å²) in [6.07, 6.45) is 4.37. The predicted octanol–water partition coefficient (Wildman–Crippen LogP) is 3.59. The van der Waals surface area contributed by atoms with Gasteiger partial charge in [0, 0.05) is 30.0 Å². The molecule has 0 saturated heterocycles. The molecule has 0 aliphatic carbocycles. The molecule has 7 heteroatoms. The summed E-state index contributed by atoms with van der Waals surface area (Å²) in [7, 11) is 0. The third-order valence-electron chi connectivity index (χ3n) is 3.95. The molecule has 0 aliphatic rings. The van der Waals surface area contributed by atoms with E-state index in [1.165, 1.54) is 17.3 Å². The Balaban J connectivity index is 1.79. The highest BCUT2D eigenvalue weighted by Crippen LogP contribution is 2.24. The number of benzene rings is 1. The lowest BCUT2D eigenvalue weighted by Crippen LogP contribution is -2.41. The van der Waals surface area contributed by atoms with Gasteiger partial charge in [-0.1, -0.05) is 42.1 Å². The molecule has 0 spiro atoms. The van der Waals surface area contributed by atoms with Gasteiger partial charge in [0.2, 0.25) is 5.91 Å². The number of nitrogens with zero attached hydrogens (tertiary/aromatic N) is 4. The zero-order chi connectivity index (χ0) is 20.0. The second kappa shape index (κ2) is 9.01. The van der Waals surface area contributed by atoms with E-state index in [0.29, 0.717) is 5.75 Å². The lowest BCUT2D eigenvalue weighted by Gasteiger charge is -2.20. The number of carbonyl (C=O) groups excluding carboxylic acids is 1. The van der Waals surface area contributed by atoms with Gasteiger partial charge in [-0.05, 0) is 44.9 Å². The van der Waals surface area contributed by atoms with Gasteiger partial charge >= 0.3 is 0 Å². The highest BCUT2D eigenvalue weighted by molar-refractivity contribution is 7.99. The number of amides is 1. The molecule has 28 heavy (non-hydrogen) atoms. The van der Waals surface area contributed by atoms with Crippen LogP contribution in [0.3, 0.4) is 0 Å². The Morgan fingerprint density at radius 2 is 1.89 bits per heavy atom. The van der Waals surface area contributed by atoms with E-state index in [-0.39, 0.29) is 11.4 Å². The molecule has 0 unspecified atom stereocenters. The van der Waals surface area contributed by atoms with Crippen LogP contribution in [0.4, 0.5) is 0 Å². The second-order valence-corrected chi connectivity index (χ2v) is 8.46. The normalized spacial score (nSPS) is 11.4. The molecule has 0 fully saturated rings. The average Bonchev–Trinajstić information content (AvgIpc) is 3.08. The van der Waals surface area contributed by atoms with Crippen LogP contribution in [-0.4, -0.2) is 36.9 Å². The number of aromatic nitrogens is 4. The smallest absolute Gasteiger partial charge is 0.230 e. The first-order chi connectivity index (χ1) is 13.4. The van der Waals surface area contributed by atoms with Gasteiger partial charge in [0.05, 0.1) is 5.75 Å². The predicted molar refractivity (Wildman–Crippen MR) is 112 cm³/mol. The van der Waals surface area contributed by atoms with Crippen LogP contribution in [0.15, 0.2) is 60.0 Å². The van der Waals surface area contributed by atoms with Crippen LogP contribution in [0.1, 0.15) is 26.3 Å². The SMILES string of the molecule is CC(C)(C)NC(=O)CSc1nnc(-c2cccnc2)n1CCc1ccccc1. The lowest BCUT2D eigenvalue weighted by molar-refractivity contribution is -0.119. The van der Waals surface area contributed by atoms with Gasteiger partial charge < -0.3 is 9.88 Å². The van der Waals surface area contributed by atoms with Crippen LogP contribution in [-0.2, 0) is 17.8 Å². The minimum absolute atomic E-state index is 0.0157. The first-order valence-electron chi connectivity index (χ1n) is 9.24. The fraction of sp³-hybridized carbons (Fsp3) is 0.333.